The maximum Gasteiger partial charge on any atom is 0.326 e. The van der Waals surface area contributed by atoms with Gasteiger partial charge in [0, 0.05) is 18.0 Å². The Hall–Kier alpha value is -2.69. The first-order valence-corrected chi connectivity index (χ1v) is 18.8. The number of likely N-dealkylation sites (tertiary alicyclic amines) is 2. The van der Waals surface area contributed by atoms with E-state index in [0.717, 1.165) is 45.1 Å². The molecule has 2 heterocycles. The summed E-state index contributed by atoms with van der Waals surface area (Å²) in [6.07, 6.45) is 7.26. The Morgan fingerprint density at radius 3 is 1.88 bits per heavy atom. The van der Waals surface area contributed by atoms with E-state index < -0.39 is 52.8 Å². The standard InChI is InChI=1S/C38H65N5O6/c1-12-16-24(33(48)49)39-30(45)26-21-38(36(10,11)37(38)18-15-19-37)22-43(26)32(47)28(35(7,8)9)41-31(46)27(34(4,5)6)40-29(44)25-17-13-14-20-42(25)23(2)3/h23-28H,12-22H2,1-11H3,(H,39,45)(H,40,44)(H,41,46)(H,48,49)/t24-,25-,26+,27-,28+,38+/m1/s1. The topological polar surface area (TPSA) is 148 Å². The van der Waals surface area contributed by atoms with Gasteiger partial charge in [0.2, 0.25) is 23.6 Å². The molecule has 0 aromatic rings. The van der Waals surface area contributed by atoms with Gasteiger partial charge in [-0.15, -0.1) is 0 Å². The molecule has 11 nitrogen and oxygen atoms in total. The molecule has 0 aromatic heterocycles. The monoisotopic (exact) mass is 687 g/mol. The molecule has 2 saturated heterocycles. The molecule has 2 aliphatic carbocycles. The summed E-state index contributed by atoms with van der Waals surface area (Å²) < 4.78 is 0. The van der Waals surface area contributed by atoms with Crippen LogP contribution in [-0.4, -0.2) is 93.8 Å². The first kappa shape index (κ1) is 39.1. The van der Waals surface area contributed by atoms with Crippen molar-refractivity contribution in [1.29, 1.82) is 0 Å². The first-order valence-electron chi connectivity index (χ1n) is 18.8. The van der Waals surface area contributed by atoms with Crippen LogP contribution in [0.5, 0.6) is 0 Å². The average molecular weight is 688 g/mol. The van der Waals surface area contributed by atoms with Gasteiger partial charge in [0.1, 0.15) is 24.2 Å². The number of rotatable bonds is 11. The molecule has 49 heavy (non-hydrogen) atoms. The minimum atomic E-state index is -1.09. The normalized spacial score (nSPS) is 28.0. The van der Waals surface area contributed by atoms with E-state index in [9.17, 15) is 29.1 Å². The number of amides is 4. The number of aliphatic carboxylic acids is 1. The number of nitrogens with one attached hydrogen (secondary N) is 3. The third-order valence-electron chi connectivity index (χ3n) is 12.9. The molecule has 0 aromatic carbocycles. The van der Waals surface area contributed by atoms with Gasteiger partial charge in [0.25, 0.3) is 0 Å². The lowest BCUT2D eigenvalue weighted by Gasteiger charge is -2.40. The van der Waals surface area contributed by atoms with Gasteiger partial charge in [0.05, 0.1) is 6.04 Å². The van der Waals surface area contributed by atoms with Gasteiger partial charge in [0.15, 0.2) is 0 Å². The number of nitrogens with zero attached hydrogens (tertiary/aromatic N) is 2. The molecule has 2 saturated carbocycles. The van der Waals surface area contributed by atoms with Crippen LogP contribution in [0.2, 0.25) is 0 Å². The number of carboxylic acid groups (broad SMARTS) is 1. The average Bonchev–Trinajstić information content (AvgIpc) is 3.20. The maximum absolute atomic E-state index is 14.8. The van der Waals surface area contributed by atoms with Crippen molar-refractivity contribution in [2.45, 2.75) is 170 Å². The Morgan fingerprint density at radius 1 is 0.816 bits per heavy atom. The summed E-state index contributed by atoms with van der Waals surface area (Å²) in [5.74, 6) is -2.52. The zero-order valence-corrected chi connectivity index (χ0v) is 32.1. The van der Waals surface area contributed by atoms with E-state index in [2.05, 4.69) is 48.5 Å². The molecule has 4 aliphatic rings. The SMILES string of the molecule is CCC[C@@H](NC(=O)[C@@H]1C[C@]2(CN1C(=O)[C@H](NC(=O)[C@@H](NC(=O)[C@H]1CCCCN1C(C)C)C(C)(C)C)C(C)(C)C)C(C)(C)C21CCC1)C(=O)O. The van der Waals surface area contributed by atoms with Crippen molar-refractivity contribution >= 4 is 29.6 Å². The fraction of sp³-hybridized carbons (Fsp3) is 0.868. The third kappa shape index (κ3) is 6.98. The van der Waals surface area contributed by atoms with Crippen molar-refractivity contribution < 1.29 is 29.1 Å². The van der Waals surface area contributed by atoms with Crippen LogP contribution in [-0.2, 0) is 24.0 Å². The minimum absolute atomic E-state index is 0.0499. The van der Waals surface area contributed by atoms with Crippen molar-refractivity contribution in [3.8, 4) is 0 Å². The van der Waals surface area contributed by atoms with E-state index in [0.29, 0.717) is 25.8 Å². The molecular formula is C38H65N5O6. The van der Waals surface area contributed by atoms with Crippen LogP contribution < -0.4 is 16.0 Å². The van der Waals surface area contributed by atoms with E-state index in [1.54, 1.807) is 4.90 Å². The lowest BCUT2D eigenvalue weighted by atomic mass is 9.73. The highest BCUT2D eigenvalue weighted by Crippen LogP contribution is 2.88. The van der Waals surface area contributed by atoms with Gasteiger partial charge < -0.3 is 26.0 Å². The van der Waals surface area contributed by atoms with Crippen LogP contribution in [0.25, 0.3) is 0 Å². The zero-order valence-electron chi connectivity index (χ0n) is 32.1. The molecule has 0 radical (unpaired) electrons. The predicted octanol–water partition coefficient (Wildman–Crippen LogP) is 4.48. The van der Waals surface area contributed by atoms with Gasteiger partial charge in [-0.05, 0) is 80.6 Å². The second-order valence-corrected chi connectivity index (χ2v) is 18.5. The van der Waals surface area contributed by atoms with Crippen LogP contribution in [0.15, 0.2) is 0 Å². The molecule has 0 bridgehead atoms. The summed E-state index contributed by atoms with van der Waals surface area (Å²) in [6, 6.07) is -3.91. The predicted molar refractivity (Wildman–Crippen MR) is 189 cm³/mol. The molecule has 0 unspecified atom stereocenters. The number of carbonyl (C=O) groups is 5. The molecular weight excluding hydrogens is 622 g/mol. The van der Waals surface area contributed by atoms with Gasteiger partial charge in [-0.25, -0.2) is 4.79 Å². The summed E-state index contributed by atoms with van der Waals surface area (Å²) in [6.45, 7) is 23.1. The Kier molecular flexibility index (Phi) is 11.0. The number of hydrogen-bond donors (Lipinski definition) is 4. The second-order valence-electron chi connectivity index (χ2n) is 18.5. The molecule has 4 rings (SSSR count). The highest BCUT2D eigenvalue weighted by atomic mass is 16.4. The molecule has 4 N–H and O–H groups in total. The van der Waals surface area contributed by atoms with E-state index in [1.165, 1.54) is 0 Å². The van der Waals surface area contributed by atoms with Gasteiger partial charge >= 0.3 is 5.97 Å². The lowest BCUT2D eigenvalue weighted by Crippen LogP contribution is -2.64. The second kappa shape index (κ2) is 13.8. The molecule has 2 spiro atoms. The Labute approximate surface area is 294 Å². The number of fused-ring (bicyclic) bond motifs is 1. The Balaban J connectivity index is 1.62. The fourth-order valence-electron chi connectivity index (χ4n) is 9.69. The van der Waals surface area contributed by atoms with Crippen LogP contribution in [0.1, 0.15) is 134 Å². The van der Waals surface area contributed by atoms with E-state index in [-0.39, 0.29) is 40.1 Å². The van der Waals surface area contributed by atoms with E-state index >= 15 is 0 Å². The van der Waals surface area contributed by atoms with E-state index in [4.69, 9.17) is 0 Å². The number of hydrogen-bond acceptors (Lipinski definition) is 6. The van der Waals surface area contributed by atoms with Crippen molar-refractivity contribution in [1.82, 2.24) is 25.8 Å². The van der Waals surface area contributed by atoms with Crippen LogP contribution >= 0.6 is 0 Å². The lowest BCUT2D eigenvalue weighted by molar-refractivity contribution is -0.146. The largest absolute Gasteiger partial charge is 0.480 e. The highest BCUT2D eigenvalue weighted by molar-refractivity contribution is 5.96. The quantitative estimate of drug-likeness (QED) is 0.251. The first-order chi connectivity index (χ1) is 22.6. The minimum Gasteiger partial charge on any atom is -0.480 e. The summed E-state index contributed by atoms with van der Waals surface area (Å²) in [5.41, 5.74) is -1.66. The molecule has 4 fully saturated rings. The van der Waals surface area contributed by atoms with Crippen LogP contribution in [0.3, 0.4) is 0 Å². The van der Waals surface area contributed by atoms with Crippen molar-refractivity contribution in [3.63, 3.8) is 0 Å². The Bertz CT molecular complexity index is 1290. The van der Waals surface area contributed by atoms with Crippen LogP contribution in [0.4, 0.5) is 0 Å². The van der Waals surface area contributed by atoms with Gasteiger partial charge in [-0.2, -0.15) is 0 Å². The smallest absolute Gasteiger partial charge is 0.326 e. The summed E-state index contributed by atoms with van der Waals surface area (Å²) >= 11 is 0. The van der Waals surface area contributed by atoms with Crippen molar-refractivity contribution in [2.24, 2.45) is 27.1 Å². The number of carboxylic acids is 1. The van der Waals surface area contributed by atoms with Crippen LogP contribution in [0, 0.1) is 27.1 Å². The van der Waals surface area contributed by atoms with E-state index in [1.807, 2.05) is 48.5 Å². The van der Waals surface area contributed by atoms with Crippen molar-refractivity contribution in [2.75, 3.05) is 13.1 Å². The summed E-state index contributed by atoms with van der Waals surface area (Å²) in [4.78, 5) is 72.6. The third-order valence-corrected chi connectivity index (χ3v) is 12.9. The molecule has 2 aliphatic heterocycles. The Morgan fingerprint density at radius 2 is 1.41 bits per heavy atom. The number of carbonyl (C=O) groups excluding carboxylic acids is 4. The molecule has 4 amide bonds. The number of piperidine rings is 1. The maximum atomic E-state index is 14.8. The zero-order chi connectivity index (χ0) is 36.9. The summed E-state index contributed by atoms with van der Waals surface area (Å²) in [7, 11) is 0. The summed E-state index contributed by atoms with van der Waals surface area (Å²) in [5, 5.41) is 18.7. The van der Waals surface area contributed by atoms with Gasteiger partial charge in [-0.1, -0.05) is 81.6 Å². The fourth-order valence-corrected chi connectivity index (χ4v) is 9.69. The van der Waals surface area contributed by atoms with Gasteiger partial charge in [-0.3, -0.25) is 24.1 Å². The highest BCUT2D eigenvalue weighted by Gasteiger charge is 2.85. The van der Waals surface area contributed by atoms with Crippen molar-refractivity contribution in [3.05, 3.63) is 0 Å². The molecule has 11 heteroatoms. The molecule has 278 valence electrons. The molecule has 6 atom stereocenters.